The van der Waals surface area contributed by atoms with Crippen LogP contribution >= 0.6 is 34.8 Å². The summed E-state index contributed by atoms with van der Waals surface area (Å²) in [5.74, 6) is 0.540. The van der Waals surface area contributed by atoms with E-state index in [4.69, 9.17) is 44.2 Å². The second-order valence-corrected chi connectivity index (χ2v) is 13.1. The molecule has 10 heteroatoms. The largest absolute Gasteiger partial charge is 0.481 e. The van der Waals surface area contributed by atoms with Crippen molar-refractivity contribution in [3.05, 3.63) is 51.0 Å². The lowest BCUT2D eigenvalue weighted by atomic mass is 9.65. The minimum Gasteiger partial charge on any atom is -0.481 e. The van der Waals surface area contributed by atoms with E-state index < -0.39 is 11.4 Å². The van der Waals surface area contributed by atoms with Gasteiger partial charge in [-0.2, -0.15) is 4.98 Å². The van der Waals surface area contributed by atoms with Crippen LogP contribution in [-0.4, -0.2) is 53.2 Å². The summed E-state index contributed by atoms with van der Waals surface area (Å²) in [5, 5.41) is 14.7. The van der Waals surface area contributed by atoms with Gasteiger partial charge in [-0.15, -0.1) is 0 Å². The molecular formula is C29H33Cl3N4O3. The number of fused-ring (bicyclic) bond motifs is 1. The zero-order valence-electron chi connectivity index (χ0n) is 22.1. The molecule has 2 aromatic carbocycles. The molecular weight excluding hydrogens is 559 g/mol. The van der Waals surface area contributed by atoms with Gasteiger partial charge in [-0.3, -0.25) is 4.79 Å². The van der Waals surface area contributed by atoms with E-state index >= 15 is 0 Å². The molecule has 1 aromatic heterocycles. The second-order valence-electron chi connectivity index (χ2n) is 11.8. The average Bonchev–Trinajstić information content (AvgIpc) is 3.24. The van der Waals surface area contributed by atoms with E-state index in [1.54, 1.807) is 6.07 Å². The van der Waals surface area contributed by atoms with Gasteiger partial charge in [0, 0.05) is 40.7 Å². The number of carboxylic acid groups (broad SMARTS) is 1. The van der Waals surface area contributed by atoms with Crippen molar-refractivity contribution in [1.29, 1.82) is 0 Å². The Kier molecular flexibility index (Phi) is 7.15. The maximum absolute atomic E-state index is 11.5. The lowest BCUT2D eigenvalue weighted by Crippen LogP contribution is -2.58. The van der Waals surface area contributed by atoms with Crippen molar-refractivity contribution in [2.24, 2.45) is 17.3 Å². The van der Waals surface area contributed by atoms with Crippen LogP contribution in [0, 0.1) is 17.3 Å². The molecule has 2 saturated heterocycles. The molecule has 3 fully saturated rings. The summed E-state index contributed by atoms with van der Waals surface area (Å²) in [5.41, 5.74) is 2.53. The summed E-state index contributed by atoms with van der Waals surface area (Å²) >= 11 is 18.9. The Labute approximate surface area is 243 Å². The third-order valence-corrected chi connectivity index (χ3v) is 9.77. The number of rotatable bonds is 7. The highest BCUT2D eigenvalue weighted by Gasteiger charge is 2.49. The molecule has 2 N–H and O–H groups in total. The van der Waals surface area contributed by atoms with Gasteiger partial charge in [-0.1, -0.05) is 40.9 Å². The fraction of sp³-hybridized carbons (Fsp3) is 0.517. The van der Waals surface area contributed by atoms with Gasteiger partial charge in [-0.25, -0.2) is 0 Å². The highest BCUT2D eigenvalue weighted by Crippen LogP contribution is 2.46. The highest BCUT2D eigenvalue weighted by atomic mass is 35.5. The van der Waals surface area contributed by atoms with Crippen LogP contribution in [0.5, 0.6) is 0 Å². The van der Waals surface area contributed by atoms with Gasteiger partial charge < -0.3 is 24.6 Å². The van der Waals surface area contributed by atoms with Gasteiger partial charge in [0.1, 0.15) is 5.52 Å². The summed E-state index contributed by atoms with van der Waals surface area (Å²) in [6, 6.07) is 10.1. The number of hydrogen-bond donors (Lipinski definition) is 2. The zero-order valence-corrected chi connectivity index (χ0v) is 24.4. The third-order valence-electron chi connectivity index (χ3n) is 8.99. The predicted molar refractivity (Wildman–Crippen MR) is 156 cm³/mol. The molecule has 0 spiro atoms. The molecule has 3 heterocycles. The number of benzene rings is 2. The number of likely N-dealkylation sites (tertiary alicyclic amines) is 1. The lowest BCUT2D eigenvalue weighted by Gasteiger charge is -2.52. The lowest BCUT2D eigenvalue weighted by molar-refractivity contribution is -0.158. The first-order chi connectivity index (χ1) is 18.6. The number of piperidine rings is 1. The molecule has 0 amide bonds. The Morgan fingerprint density at radius 1 is 1.13 bits per heavy atom. The molecule has 0 bridgehead atoms. The Morgan fingerprint density at radius 2 is 1.90 bits per heavy atom. The van der Waals surface area contributed by atoms with Crippen LogP contribution in [0.25, 0.3) is 11.1 Å². The normalized spacial score (nSPS) is 26.7. The molecule has 1 aliphatic carbocycles. The molecule has 3 aromatic rings. The number of aliphatic carboxylic acids is 1. The molecule has 3 aliphatic rings. The van der Waals surface area contributed by atoms with Crippen LogP contribution in [-0.2, 0) is 4.79 Å². The summed E-state index contributed by atoms with van der Waals surface area (Å²) in [6.45, 7) is 7.86. The fourth-order valence-corrected chi connectivity index (χ4v) is 7.31. The summed E-state index contributed by atoms with van der Waals surface area (Å²) < 4.78 is 6.28. The highest BCUT2D eigenvalue weighted by molar-refractivity contribution is 6.35. The van der Waals surface area contributed by atoms with Gasteiger partial charge in [-0.05, 0) is 87.7 Å². The molecule has 0 unspecified atom stereocenters. The first kappa shape index (κ1) is 27.0. The smallest absolute Gasteiger partial charge is 0.309 e. The molecule has 208 valence electrons. The Bertz CT molecular complexity index is 1400. The Morgan fingerprint density at radius 3 is 2.62 bits per heavy atom. The SMILES string of the molecule is C[C@@H](Nc1cc(Cl)cc2nc(N3CC([C@H]4CCCN(C5CC(C)(C(=O)O)C5)C4)C3)oc12)c1ccc(Cl)cc1Cl. The number of aromatic nitrogens is 1. The van der Waals surface area contributed by atoms with Crippen molar-refractivity contribution < 1.29 is 14.3 Å². The molecule has 0 radical (unpaired) electrons. The second kappa shape index (κ2) is 10.3. The van der Waals surface area contributed by atoms with Gasteiger partial charge >= 0.3 is 5.97 Å². The topological polar surface area (TPSA) is 81.8 Å². The summed E-state index contributed by atoms with van der Waals surface area (Å²) in [6.07, 6.45) is 3.92. The predicted octanol–water partition coefficient (Wildman–Crippen LogP) is 7.36. The van der Waals surface area contributed by atoms with Crippen LogP contribution < -0.4 is 10.2 Å². The molecule has 2 atom stereocenters. The molecule has 6 rings (SSSR count). The Hall–Kier alpha value is -2.19. The van der Waals surface area contributed by atoms with Crippen LogP contribution in [0.15, 0.2) is 34.7 Å². The molecule has 39 heavy (non-hydrogen) atoms. The third kappa shape index (κ3) is 5.19. The summed E-state index contributed by atoms with van der Waals surface area (Å²) in [4.78, 5) is 21.0. The van der Waals surface area contributed by atoms with Gasteiger partial charge in [0.05, 0.1) is 17.1 Å². The molecule has 7 nitrogen and oxygen atoms in total. The number of nitrogens with zero attached hydrogens (tertiary/aromatic N) is 3. The van der Waals surface area contributed by atoms with Gasteiger partial charge in [0.15, 0.2) is 5.58 Å². The zero-order chi connectivity index (χ0) is 27.5. The van der Waals surface area contributed by atoms with Crippen LogP contribution in [0.3, 0.4) is 0 Å². The fourth-order valence-electron chi connectivity index (χ4n) is 6.53. The van der Waals surface area contributed by atoms with Crippen molar-refractivity contribution in [3.8, 4) is 0 Å². The molecule has 2 aliphatic heterocycles. The number of carboxylic acids is 1. The maximum Gasteiger partial charge on any atom is 0.309 e. The van der Waals surface area contributed by atoms with Crippen molar-refractivity contribution in [1.82, 2.24) is 9.88 Å². The van der Waals surface area contributed by atoms with E-state index in [1.807, 2.05) is 38.1 Å². The van der Waals surface area contributed by atoms with Crippen molar-refractivity contribution in [2.45, 2.75) is 51.6 Å². The molecule has 1 saturated carbocycles. The Balaban J connectivity index is 1.11. The number of halogens is 3. The number of anilines is 2. The van der Waals surface area contributed by atoms with Gasteiger partial charge in [0.2, 0.25) is 0 Å². The summed E-state index contributed by atoms with van der Waals surface area (Å²) in [7, 11) is 0. The van der Waals surface area contributed by atoms with Crippen LogP contribution in [0.1, 0.15) is 51.1 Å². The first-order valence-electron chi connectivity index (χ1n) is 13.6. The maximum atomic E-state index is 11.5. The standard InChI is InChI=1S/C29H33Cl3N4O3/c1-16(22-6-5-19(30)8-23(22)32)33-24-9-20(31)10-25-26(24)39-28(34-25)36-14-18(15-36)17-4-3-7-35(13-17)21-11-29(2,12-21)27(37)38/h5-6,8-10,16-18,21,33H,3-4,7,11-15H2,1-2H3,(H,37,38)/t16-,17+,21?,29?/m1/s1. The van der Waals surface area contributed by atoms with E-state index in [9.17, 15) is 9.90 Å². The van der Waals surface area contributed by atoms with E-state index in [2.05, 4.69) is 15.1 Å². The van der Waals surface area contributed by atoms with Crippen LogP contribution in [0.4, 0.5) is 11.7 Å². The first-order valence-corrected chi connectivity index (χ1v) is 14.8. The van der Waals surface area contributed by atoms with Crippen molar-refractivity contribution >= 4 is 63.6 Å². The monoisotopic (exact) mass is 590 g/mol. The van der Waals surface area contributed by atoms with E-state index in [1.165, 1.54) is 12.8 Å². The van der Waals surface area contributed by atoms with Crippen molar-refractivity contribution in [3.63, 3.8) is 0 Å². The van der Waals surface area contributed by atoms with Crippen molar-refractivity contribution in [2.75, 3.05) is 36.4 Å². The van der Waals surface area contributed by atoms with E-state index in [0.717, 1.165) is 50.3 Å². The quantitative estimate of drug-likeness (QED) is 0.297. The average molecular weight is 592 g/mol. The van der Waals surface area contributed by atoms with Gasteiger partial charge in [0.25, 0.3) is 6.01 Å². The minimum atomic E-state index is -0.664. The van der Waals surface area contributed by atoms with Crippen LogP contribution in [0.2, 0.25) is 15.1 Å². The van der Waals surface area contributed by atoms with E-state index in [-0.39, 0.29) is 6.04 Å². The van der Waals surface area contributed by atoms with E-state index in [0.29, 0.717) is 50.1 Å². The minimum absolute atomic E-state index is 0.100. The number of hydrogen-bond acceptors (Lipinski definition) is 6. The number of oxazole rings is 1. The number of nitrogens with one attached hydrogen (secondary N) is 1. The number of carbonyl (C=O) groups is 1.